The number of rotatable bonds is 5. The molecule has 0 heterocycles. The highest BCUT2D eigenvalue weighted by molar-refractivity contribution is 5.29. The topological polar surface area (TPSA) is 60.7 Å². The first-order chi connectivity index (χ1) is 14.0. The van der Waals surface area contributed by atoms with Crippen LogP contribution in [-0.2, 0) is 0 Å². The fraction of sp³-hybridized carbons (Fsp3) is 0.704. The zero-order valence-corrected chi connectivity index (χ0v) is 19.4. The van der Waals surface area contributed by atoms with E-state index in [4.69, 9.17) is 0 Å². The molecular weight excluding hydrogens is 372 g/mol. The van der Waals surface area contributed by atoms with E-state index < -0.39 is 17.8 Å². The molecule has 0 aliphatic heterocycles. The van der Waals surface area contributed by atoms with Gasteiger partial charge < -0.3 is 15.3 Å². The molecule has 6 atom stereocenters. The Morgan fingerprint density at radius 2 is 1.83 bits per heavy atom. The molecule has 0 saturated heterocycles. The van der Waals surface area contributed by atoms with Crippen molar-refractivity contribution in [1.29, 1.82) is 0 Å². The lowest BCUT2D eigenvalue weighted by Crippen LogP contribution is -2.35. The second-order valence-corrected chi connectivity index (χ2v) is 11.0. The van der Waals surface area contributed by atoms with Crippen LogP contribution in [0.5, 0.6) is 0 Å². The Kier molecular flexibility index (Phi) is 7.16. The van der Waals surface area contributed by atoms with Gasteiger partial charge in [0.05, 0.1) is 17.8 Å². The van der Waals surface area contributed by atoms with Gasteiger partial charge in [-0.05, 0) is 94.0 Å². The summed E-state index contributed by atoms with van der Waals surface area (Å²) in [5.41, 5.74) is 2.93. The first-order valence-electron chi connectivity index (χ1n) is 11.8. The maximum absolute atomic E-state index is 10.1. The van der Waals surface area contributed by atoms with Crippen molar-refractivity contribution in [3.8, 4) is 0 Å². The molecule has 0 aromatic rings. The van der Waals surface area contributed by atoms with Crippen molar-refractivity contribution in [2.75, 3.05) is 0 Å². The van der Waals surface area contributed by atoms with E-state index in [9.17, 15) is 15.3 Å². The van der Waals surface area contributed by atoms with Crippen molar-refractivity contribution in [2.45, 2.75) is 96.9 Å². The highest BCUT2D eigenvalue weighted by Gasteiger charge is 2.50. The average molecular weight is 415 g/mol. The van der Waals surface area contributed by atoms with Crippen LogP contribution in [-0.4, -0.2) is 33.1 Å². The van der Waals surface area contributed by atoms with Crippen LogP contribution in [0, 0.1) is 23.2 Å². The fourth-order valence-electron chi connectivity index (χ4n) is 6.27. The number of hydrogen-bond donors (Lipinski definition) is 3. The predicted molar refractivity (Wildman–Crippen MR) is 124 cm³/mol. The van der Waals surface area contributed by atoms with Crippen LogP contribution in [0.2, 0.25) is 0 Å². The van der Waals surface area contributed by atoms with Crippen molar-refractivity contribution in [2.24, 2.45) is 23.2 Å². The number of allylic oxidation sites excluding steroid dienone is 4. The lowest BCUT2D eigenvalue weighted by Gasteiger charge is -2.44. The summed E-state index contributed by atoms with van der Waals surface area (Å²) in [5.74, 6) is 1.83. The van der Waals surface area contributed by atoms with Gasteiger partial charge in [0.2, 0.25) is 0 Å². The molecule has 0 bridgehead atoms. The second-order valence-electron chi connectivity index (χ2n) is 11.0. The number of aliphatic hydroxyl groups is 3. The zero-order valence-electron chi connectivity index (χ0n) is 19.4. The third-order valence-corrected chi connectivity index (χ3v) is 8.03. The van der Waals surface area contributed by atoms with Crippen LogP contribution < -0.4 is 0 Å². The fourth-order valence-corrected chi connectivity index (χ4v) is 6.27. The summed E-state index contributed by atoms with van der Waals surface area (Å²) in [6, 6.07) is 0. The Bertz CT molecular complexity index is 707. The molecule has 3 nitrogen and oxygen atoms in total. The number of fused-ring (bicyclic) bond motifs is 1. The largest absolute Gasteiger partial charge is 0.390 e. The number of hydrogen-bond acceptors (Lipinski definition) is 3. The minimum atomic E-state index is -0.640. The summed E-state index contributed by atoms with van der Waals surface area (Å²) in [7, 11) is 0. The Balaban J connectivity index is 1.72. The van der Waals surface area contributed by atoms with E-state index in [0.29, 0.717) is 48.0 Å². The van der Waals surface area contributed by atoms with E-state index in [1.54, 1.807) is 5.57 Å². The van der Waals surface area contributed by atoms with Crippen LogP contribution in [0.1, 0.15) is 79.1 Å². The molecule has 30 heavy (non-hydrogen) atoms. The summed E-state index contributed by atoms with van der Waals surface area (Å²) in [4.78, 5) is 0. The molecule has 3 aliphatic rings. The molecule has 0 aromatic carbocycles. The molecule has 0 aromatic heterocycles. The summed E-state index contributed by atoms with van der Waals surface area (Å²) >= 11 is 0. The third-order valence-electron chi connectivity index (χ3n) is 8.03. The van der Waals surface area contributed by atoms with Crippen LogP contribution in [0.3, 0.4) is 0 Å². The molecule has 3 N–H and O–H groups in total. The van der Waals surface area contributed by atoms with Gasteiger partial charge in [0.15, 0.2) is 0 Å². The highest BCUT2D eigenvalue weighted by atomic mass is 16.3. The molecule has 3 fully saturated rings. The van der Waals surface area contributed by atoms with Crippen LogP contribution in [0.15, 0.2) is 47.6 Å². The van der Waals surface area contributed by atoms with Crippen molar-refractivity contribution < 1.29 is 15.3 Å². The van der Waals surface area contributed by atoms with Gasteiger partial charge in [-0.3, -0.25) is 0 Å². The van der Waals surface area contributed by atoms with Gasteiger partial charge in [0, 0.05) is 0 Å². The Morgan fingerprint density at radius 3 is 2.47 bits per heavy atom. The Hall–Kier alpha value is -1.16. The summed E-state index contributed by atoms with van der Waals surface area (Å²) < 4.78 is 0. The normalized spacial score (nSPS) is 37.6. The van der Waals surface area contributed by atoms with Crippen molar-refractivity contribution in [3.05, 3.63) is 47.6 Å². The van der Waals surface area contributed by atoms with E-state index in [2.05, 4.69) is 44.7 Å². The number of aliphatic hydroxyl groups excluding tert-OH is 2. The summed E-state index contributed by atoms with van der Waals surface area (Å²) in [6.07, 6.45) is 15.8. The maximum Gasteiger partial charge on any atom is 0.0809 e. The highest BCUT2D eigenvalue weighted by Crippen LogP contribution is 2.59. The van der Waals surface area contributed by atoms with E-state index in [1.165, 1.54) is 25.7 Å². The van der Waals surface area contributed by atoms with Crippen LogP contribution in [0.25, 0.3) is 0 Å². The molecule has 3 heteroatoms. The van der Waals surface area contributed by atoms with Crippen molar-refractivity contribution in [1.82, 2.24) is 0 Å². The van der Waals surface area contributed by atoms with E-state index in [-0.39, 0.29) is 0 Å². The standard InChI is InChI=1S/C27H42O3/c1-18(8-6-14-26(3,4)30)22-12-13-23-21(9-7-15-27(22,23)5)11-10-20-16-24(28)19(2)25(29)17-20/h6,8,10-11,18,22-25,28-30H,2,7,9,12-17H2,1,3-5H3/t18-,22+,23-,24+,25+,27+/m0/s1. The average Bonchev–Trinajstić information content (AvgIpc) is 3.00. The lowest BCUT2D eigenvalue weighted by molar-refractivity contribution is 0.0832. The molecule has 0 radical (unpaired) electrons. The molecule has 0 amide bonds. The molecule has 168 valence electrons. The molecule has 3 aliphatic carbocycles. The molecule has 3 saturated carbocycles. The van der Waals surface area contributed by atoms with E-state index in [0.717, 1.165) is 12.0 Å². The lowest BCUT2D eigenvalue weighted by atomic mass is 9.61. The summed E-state index contributed by atoms with van der Waals surface area (Å²) in [6.45, 7) is 12.4. The van der Waals surface area contributed by atoms with Gasteiger partial charge in [-0.1, -0.05) is 55.9 Å². The van der Waals surface area contributed by atoms with Crippen LogP contribution in [0.4, 0.5) is 0 Å². The molecule has 0 unspecified atom stereocenters. The van der Waals surface area contributed by atoms with Gasteiger partial charge in [-0.2, -0.15) is 0 Å². The monoisotopic (exact) mass is 414 g/mol. The van der Waals surface area contributed by atoms with Crippen molar-refractivity contribution >= 4 is 0 Å². The minimum Gasteiger partial charge on any atom is -0.390 e. The predicted octanol–water partition coefficient (Wildman–Crippen LogP) is 5.48. The Morgan fingerprint density at radius 1 is 1.17 bits per heavy atom. The van der Waals surface area contributed by atoms with Gasteiger partial charge in [0.1, 0.15) is 0 Å². The van der Waals surface area contributed by atoms with E-state index >= 15 is 0 Å². The Labute approximate surface area is 183 Å². The SMILES string of the molecule is C=C1[C@H](O)CC(=CC=C2CCC[C@]3(C)[C@@H]([C@@H](C)C=CCC(C)(C)O)CC[C@@H]23)C[C@H]1O. The summed E-state index contributed by atoms with van der Waals surface area (Å²) in [5, 5.41) is 30.2. The second kappa shape index (κ2) is 9.14. The first-order valence-corrected chi connectivity index (χ1v) is 11.8. The van der Waals surface area contributed by atoms with E-state index in [1.807, 2.05) is 13.8 Å². The third kappa shape index (κ3) is 5.18. The van der Waals surface area contributed by atoms with Gasteiger partial charge >= 0.3 is 0 Å². The molecule has 3 rings (SSSR count). The van der Waals surface area contributed by atoms with Crippen molar-refractivity contribution in [3.63, 3.8) is 0 Å². The van der Waals surface area contributed by atoms with Crippen LogP contribution >= 0.6 is 0 Å². The van der Waals surface area contributed by atoms with Gasteiger partial charge in [-0.25, -0.2) is 0 Å². The minimum absolute atomic E-state index is 0.334. The zero-order chi connectivity index (χ0) is 22.1. The van der Waals surface area contributed by atoms with Gasteiger partial charge in [0.25, 0.3) is 0 Å². The smallest absolute Gasteiger partial charge is 0.0809 e. The first kappa shape index (κ1) is 23.5. The molecule has 0 spiro atoms. The molecular formula is C27H42O3. The maximum atomic E-state index is 10.1. The quantitative estimate of drug-likeness (QED) is 0.522. The van der Waals surface area contributed by atoms with Gasteiger partial charge in [-0.15, -0.1) is 0 Å².